The summed E-state index contributed by atoms with van der Waals surface area (Å²) in [5.74, 6) is -0.192. The Labute approximate surface area is 182 Å². The summed E-state index contributed by atoms with van der Waals surface area (Å²) >= 11 is 9.47. The Kier molecular flexibility index (Phi) is 4.98. The Morgan fingerprint density at radius 3 is 3.00 bits per heavy atom. The monoisotopic (exact) mass is 470 g/mol. The average Bonchev–Trinajstić information content (AvgIpc) is 3.35. The topological polar surface area (TPSA) is 45.5 Å². The first-order valence-electron chi connectivity index (χ1n) is 9.79. The zero-order chi connectivity index (χ0) is 20.0. The molecular weight excluding hydrogens is 452 g/mol. The Balaban J connectivity index is 1.42. The third-order valence-corrected chi connectivity index (χ3v) is 7.12. The summed E-state index contributed by atoms with van der Waals surface area (Å²) < 4.78 is 6.56. The number of halogens is 2. The fourth-order valence-electron chi connectivity index (χ4n) is 4.35. The van der Waals surface area contributed by atoms with E-state index in [0.717, 1.165) is 39.7 Å². The first kappa shape index (κ1) is 18.9. The molecule has 1 N–H and O–H groups in total. The first-order chi connectivity index (χ1) is 14.1. The van der Waals surface area contributed by atoms with Gasteiger partial charge in [-0.2, -0.15) is 0 Å². The molecule has 4 nitrogen and oxygen atoms in total. The Hall–Kier alpha value is -2.08. The molecule has 1 atom stereocenters. The highest BCUT2D eigenvalue weighted by Gasteiger charge is 2.29. The van der Waals surface area contributed by atoms with Crippen LogP contribution in [0.1, 0.15) is 35.2 Å². The van der Waals surface area contributed by atoms with Crippen molar-refractivity contribution >= 4 is 55.7 Å². The fourth-order valence-corrected chi connectivity index (χ4v) is 4.77. The number of carbonyl (C=O) groups excluding carboxylic acids is 1. The maximum atomic E-state index is 12.6. The summed E-state index contributed by atoms with van der Waals surface area (Å²) in [6, 6.07) is 11.6. The SMILES string of the molecule is O=C(Nc1ccc2occ(C3=CCN4CCCC4C3)c2c1)c1ccc(Br)c(Cl)c1. The molecule has 1 amide bonds. The summed E-state index contributed by atoms with van der Waals surface area (Å²) in [4.78, 5) is 15.2. The second kappa shape index (κ2) is 7.63. The molecule has 0 saturated carbocycles. The first-order valence-corrected chi connectivity index (χ1v) is 11.0. The van der Waals surface area contributed by atoms with Gasteiger partial charge in [0.25, 0.3) is 5.91 Å². The summed E-state index contributed by atoms with van der Waals surface area (Å²) in [5.41, 5.74) is 4.56. The zero-order valence-corrected chi connectivity index (χ0v) is 18.1. The average molecular weight is 472 g/mol. The number of anilines is 1. The second-order valence-electron chi connectivity index (χ2n) is 7.67. The van der Waals surface area contributed by atoms with Gasteiger partial charge >= 0.3 is 0 Å². The van der Waals surface area contributed by atoms with Crippen molar-refractivity contribution in [2.24, 2.45) is 0 Å². The highest BCUT2D eigenvalue weighted by atomic mass is 79.9. The molecule has 5 rings (SSSR count). The molecule has 1 aromatic heterocycles. The van der Waals surface area contributed by atoms with E-state index in [1.54, 1.807) is 18.2 Å². The van der Waals surface area contributed by atoms with Crippen molar-refractivity contribution in [3.63, 3.8) is 0 Å². The molecule has 0 aliphatic carbocycles. The molecule has 0 spiro atoms. The van der Waals surface area contributed by atoms with E-state index in [4.69, 9.17) is 16.0 Å². The van der Waals surface area contributed by atoms with Crippen molar-refractivity contribution < 1.29 is 9.21 Å². The van der Waals surface area contributed by atoms with Crippen LogP contribution in [0.15, 0.2) is 57.6 Å². The normalized spacial score (nSPS) is 19.2. The standard InChI is InChI=1S/C23H20BrClN2O2/c24-20-5-3-15(11-21(20)25)23(28)26-16-4-6-22-18(12-16)19(13-29-22)14-7-9-27-8-1-2-17(27)10-14/h3-7,11-13,17H,1-2,8-10H2,(H,26,28). The van der Waals surface area contributed by atoms with Crippen LogP contribution in [0.25, 0.3) is 16.5 Å². The Morgan fingerprint density at radius 2 is 2.14 bits per heavy atom. The molecule has 29 heavy (non-hydrogen) atoms. The van der Waals surface area contributed by atoms with Crippen LogP contribution >= 0.6 is 27.5 Å². The van der Waals surface area contributed by atoms with Crippen LogP contribution < -0.4 is 5.32 Å². The van der Waals surface area contributed by atoms with Gasteiger partial charge in [0.2, 0.25) is 0 Å². The number of hydrogen-bond acceptors (Lipinski definition) is 3. The Morgan fingerprint density at radius 1 is 1.24 bits per heavy atom. The van der Waals surface area contributed by atoms with E-state index in [1.807, 2.05) is 24.5 Å². The number of furan rings is 1. The molecule has 1 unspecified atom stereocenters. The van der Waals surface area contributed by atoms with Gasteiger partial charge < -0.3 is 9.73 Å². The number of hydrogen-bond donors (Lipinski definition) is 1. The van der Waals surface area contributed by atoms with Crippen molar-refractivity contribution in [3.8, 4) is 0 Å². The summed E-state index contributed by atoms with van der Waals surface area (Å²) in [5, 5.41) is 4.52. The van der Waals surface area contributed by atoms with Crippen LogP contribution in [-0.2, 0) is 0 Å². The highest BCUT2D eigenvalue weighted by molar-refractivity contribution is 9.10. The van der Waals surface area contributed by atoms with Crippen molar-refractivity contribution in [3.05, 3.63) is 69.4 Å². The second-order valence-corrected chi connectivity index (χ2v) is 8.93. The molecule has 6 heteroatoms. The number of nitrogens with one attached hydrogen (secondary N) is 1. The quantitative estimate of drug-likeness (QED) is 0.484. The van der Waals surface area contributed by atoms with Gasteiger partial charge in [0.15, 0.2) is 0 Å². The van der Waals surface area contributed by atoms with Gasteiger partial charge in [0.1, 0.15) is 5.58 Å². The maximum Gasteiger partial charge on any atom is 0.255 e. The van der Waals surface area contributed by atoms with E-state index < -0.39 is 0 Å². The van der Waals surface area contributed by atoms with Crippen molar-refractivity contribution in [1.29, 1.82) is 0 Å². The van der Waals surface area contributed by atoms with E-state index in [9.17, 15) is 4.79 Å². The molecule has 2 aliphatic rings. The number of benzene rings is 2. The van der Waals surface area contributed by atoms with Crippen molar-refractivity contribution in [1.82, 2.24) is 4.90 Å². The van der Waals surface area contributed by atoms with Gasteiger partial charge in [-0.25, -0.2) is 0 Å². The van der Waals surface area contributed by atoms with E-state index in [0.29, 0.717) is 16.6 Å². The highest BCUT2D eigenvalue weighted by Crippen LogP contribution is 2.37. The molecule has 2 aliphatic heterocycles. The Bertz CT molecular complexity index is 1140. The van der Waals surface area contributed by atoms with E-state index >= 15 is 0 Å². The van der Waals surface area contributed by atoms with Crippen molar-refractivity contribution in [2.75, 3.05) is 18.4 Å². The lowest BCUT2D eigenvalue weighted by molar-refractivity contribution is 0.102. The number of fused-ring (bicyclic) bond motifs is 2. The lowest BCUT2D eigenvalue weighted by Crippen LogP contribution is -2.32. The molecule has 0 radical (unpaired) electrons. The number of amides is 1. The third kappa shape index (κ3) is 3.63. The van der Waals surface area contributed by atoms with Gasteiger partial charge in [-0.15, -0.1) is 0 Å². The van der Waals surface area contributed by atoms with Gasteiger partial charge in [-0.1, -0.05) is 17.7 Å². The predicted molar refractivity (Wildman–Crippen MR) is 121 cm³/mol. The number of rotatable bonds is 3. The lowest BCUT2D eigenvalue weighted by Gasteiger charge is -2.28. The summed E-state index contributed by atoms with van der Waals surface area (Å²) in [7, 11) is 0. The van der Waals surface area contributed by atoms with E-state index in [2.05, 4.69) is 32.2 Å². The van der Waals surface area contributed by atoms with Crippen LogP contribution in [0.3, 0.4) is 0 Å². The lowest BCUT2D eigenvalue weighted by atomic mass is 9.94. The van der Waals surface area contributed by atoms with Crippen LogP contribution in [0, 0.1) is 0 Å². The molecule has 3 aromatic rings. The van der Waals surface area contributed by atoms with E-state index in [-0.39, 0.29) is 5.91 Å². The minimum absolute atomic E-state index is 0.192. The fraction of sp³-hybridized carbons (Fsp3) is 0.261. The van der Waals surface area contributed by atoms with Crippen LogP contribution in [-0.4, -0.2) is 29.9 Å². The van der Waals surface area contributed by atoms with E-state index in [1.165, 1.54) is 25.0 Å². The van der Waals surface area contributed by atoms with Gasteiger partial charge in [-0.3, -0.25) is 9.69 Å². The molecule has 1 saturated heterocycles. The minimum atomic E-state index is -0.192. The van der Waals surface area contributed by atoms with Crippen LogP contribution in [0.4, 0.5) is 5.69 Å². The third-order valence-electron chi connectivity index (χ3n) is 5.89. The molecule has 148 valence electrons. The molecule has 3 heterocycles. The number of nitrogens with zero attached hydrogens (tertiary/aromatic N) is 1. The van der Waals surface area contributed by atoms with Crippen LogP contribution in [0.2, 0.25) is 5.02 Å². The minimum Gasteiger partial charge on any atom is -0.464 e. The van der Waals surface area contributed by atoms with Crippen LogP contribution in [0.5, 0.6) is 0 Å². The van der Waals surface area contributed by atoms with Gasteiger partial charge in [0.05, 0.1) is 11.3 Å². The number of carbonyl (C=O) groups is 1. The predicted octanol–water partition coefficient (Wildman–Crippen LogP) is 6.35. The smallest absolute Gasteiger partial charge is 0.255 e. The maximum absolute atomic E-state index is 12.6. The molecule has 1 fully saturated rings. The van der Waals surface area contributed by atoms with Gasteiger partial charge in [-0.05, 0) is 83.7 Å². The summed E-state index contributed by atoms with van der Waals surface area (Å²) in [6.07, 6.45) is 7.78. The largest absolute Gasteiger partial charge is 0.464 e. The molecule has 2 aromatic carbocycles. The molecular formula is C23H20BrClN2O2. The zero-order valence-electron chi connectivity index (χ0n) is 15.8. The molecule has 0 bridgehead atoms. The van der Waals surface area contributed by atoms with Crippen molar-refractivity contribution in [2.45, 2.75) is 25.3 Å². The van der Waals surface area contributed by atoms with Gasteiger partial charge in [0, 0.05) is 39.3 Å². The summed E-state index contributed by atoms with van der Waals surface area (Å²) in [6.45, 7) is 2.21.